The Labute approximate surface area is 166 Å². The quantitative estimate of drug-likeness (QED) is 0.754. The summed E-state index contributed by atoms with van der Waals surface area (Å²) >= 11 is 0. The van der Waals surface area contributed by atoms with Crippen LogP contribution in [0.15, 0.2) is 78.9 Å². The predicted octanol–water partition coefficient (Wildman–Crippen LogP) is 4.17. The zero-order valence-corrected chi connectivity index (χ0v) is 15.8. The first-order chi connectivity index (χ1) is 13.8. The lowest BCUT2D eigenvalue weighted by atomic mass is 9.74. The standard InChI is InChI=1S/C25H23N3/c26-14-19-7-4-8-22(13-19)20-9-11-21(12-10-20)25-23-16-28(17-24(25)27-23)15-18-5-2-1-3-6-18/h1-13,23-25,27H,15-17H2/t23-,24+,25?. The highest BCUT2D eigenvalue weighted by Gasteiger charge is 2.46. The topological polar surface area (TPSA) is 39.1 Å². The SMILES string of the molecule is N#Cc1cccc(-c2ccc(C3[C@@H]4CN(Cc5ccccc5)C[C@H]3N4)cc2)c1. The van der Waals surface area contributed by atoms with Crippen LogP contribution < -0.4 is 5.32 Å². The van der Waals surface area contributed by atoms with Crippen molar-refractivity contribution in [2.24, 2.45) is 0 Å². The van der Waals surface area contributed by atoms with Crippen molar-refractivity contribution in [1.82, 2.24) is 10.2 Å². The minimum Gasteiger partial charge on any atom is -0.307 e. The molecule has 3 fully saturated rings. The Morgan fingerprint density at radius 3 is 2.32 bits per heavy atom. The molecule has 2 bridgehead atoms. The zero-order chi connectivity index (χ0) is 18.9. The summed E-state index contributed by atoms with van der Waals surface area (Å²) in [6, 6.07) is 30.8. The van der Waals surface area contributed by atoms with Gasteiger partial charge < -0.3 is 5.32 Å². The fourth-order valence-corrected chi connectivity index (χ4v) is 4.71. The van der Waals surface area contributed by atoms with Crippen molar-refractivity contribution in [3.05, 3.63) is 95.6 Å². The van der Waals surface area contributed by atoms with E-state index in [1.54, 1.807) is 0 Å². The van der Waals surface area contributed by atoms with Crippen LogP contribution in [0.1, 0.15) is 22.6 Å². The van der Waals surface area contributed by atoms with Crippen molar-refractivity contribution >= 4 is 0 Å². The smallest absolute Gasteiger partial charge is 0.0991 e. The summed E-state index contributed by atoms with van der Waals surface area (Å²) in [4.78, 5) is 2.57. The second-order valence-electron chi connectivity index (χ2n) is 7.90. The molecule has 0 radical (unpaired) electrons. The van der Waals surface area contributed by atoms with Crippen LogP contribution in [0.5, 0.6) is 0 Å². The first-order valence-corrected chi connectivity index (χ1v) is 9.93. The van der Waals surface area contributed by atoms with Gasteiger partial charge in [0.15, 0.2) is 0 Å². The molecule has 1 N–H and O–H groups in total. The number of hydrogen-bond acceptors (Lipinski definition) is 3. The number of nitrogens with one attached hydrogen (secondary N) is 1. The summed E-state index contributed by atoms with van der Waals surface area (Å²) in [7, 11) is 0. The zero-order valence-electron chi connectivity index (χ0n) is 15.8. The molecule has 0 aliphatic carbocycles. The summed E-state index contributed by atoms with van der Waals surface area (Å²) in [5.74, 6) is 0.603. The number of fused-ring (bicyclic) bond motifs is 2. The van der Waals surface area contributed by atoms with Crippen molar-refractivity contribution in [1.29, 1.82) is 5.26 Å². The van der Waals surface area contributed by atoms with Gasteiger partial charge in [0.25, 0.3) is 0 Å². The van der Waals surface area contributed by atoms with Gasteiger partial charge in [-0.1, -0.05) is 66.7 Å². The van der Waals surface area contributed by atoms with Crippen LogP contribution in [0.3, 0.4) is 0 Å². The number of benzene rings is 3. The first-order valence-electron chi connectivity index (χ1n) is 9.93. The third-order valence-electron chi connectivity index (χ3n) is 6.07. The largest absolute Gasteiger partial charge is 0.307 e. The number of nitrogens with zero attached hydrogens (tertiary/aromatic N) is 2. The normalized spacial score (nSPS) is 23.6. The van der Waals surface area contributed by atoms with Crippen molar-refractivity contribution in [3.63, 3.8) is 0 Å². The lowest BCUT2D eigenvalue weighted by Crippen LogP contribution is -2.71. The molecule has 3 atom stereocenters. The second kappa shape index (κ2) is 7.24. The molecule has 3 saturated heterocycles. The summed E-state index contributed by atoms with van der Waals surface area (Å²) in [5, 5.41) is 12.8. The van der Waals surface area contributed by atoms with E-state index in [1.807, 2.05) is 18.2 Å². The van der Waals surface area contributed by atoms with Crippen LogP contribution in [0.25, 0.3) is 11.1 Å². The maximum Gasteiger partial charge on any atom is 0.0991 e. The minimum absolute atomic E-state index is 0.537. The van der Waals surface area contributed by atoms with E-state index in [1.165, 1.54) is 16.7 Å². The van der Waals surface area contributed by atoms with Gasteiger partial charge in [-0.2, -0.15) is 5.26 Å². The maximum absolute atomic E-state index is 9.11. The Kier molecular flexibility index (Phi) is 4.44. The average molecular weight is 365 g/mol. The van der Waals surface area contributed by atoms with E-state index in [2.05, 4.69) is 76.9 Å². The van der Waals surface area contributed by atoms with Gasteiger partial charge in [0.05, 0.1) is 11.6 Å². The van der Waals surface area contributed by atoms with E-state index >= 15 is 0 Å². The van der Waals surface area contributed by atoms with Crippen molar-refractivity contribution in [2.75, 3.05) is 13.1 Å². The van der Waals surface area contributed by atoms with Crippen LogP contribution >= 0.6 is 0 Å². The number of piperidine rings is 1. The summed E-state index contributed by atoms with van der Waals surface area (Å²) < 4.78 is 0. The Morgan fingerprint density at radius 2 is 1.61 bits per heavy atom. The van der Waals surface area contributed by atoms with E-state index in [-0.39, 0.29) is 0 Å². The van der Waals surface area contributed by atoms with E-state index < -0.39 is 0 Å². The molecule has 3 aromatic carbocycles. The molecule has 3 heterocycles. The average Bonchev–Trinajstić information content (AvgIpc) is 2.75. The number of piperazine rings is 1. The second-order valence-corrected chi connectivity index (χ2v) is 7.90. The van der Waals surface area contributed by atoms with Gasteiger partial charge in [-0.05, 0) is 34.4 Å². The summed E-state index contributed by atoms with van der Waals surface area (Å²) in [5.41, 5.74) is 5.80. The van der Waals surface area contributed by atoms with E-state index in [4.69, 9.17) is 5.26 Å². The van der Waals surface area contributed by atoms with Crippen LogP contribution in [0.4, 0.5) is 0 Å². The third-order valence-corrected chi connectivity index (χ3v) is 6.07. The highest BCUT2D eigenvalue weighted by Crippen LogP contribution is 2.38. The maximum atomic E-state index is 9.11. The monoisotopic (exact) mass is 365 g/mol. The van der Waals surface area contributed by atoms with Crippen LogP contribution in [-0.2, 0) is 6.54 Å². The molecule has 3 aromatic rings. The van der Waals surface area contributed by atoms with E-state index in [0.29, 0.717) is 23.6 Å². The lowest BCUT2D eigenvalue weighted by Gasteiger charge is -2.55. The molecular formula is C25H23N3. The van der Waals surface area contributed by atoms with Crippen molar-refractivity contribution < 1.29 is 0 Å². The van der Waals surface area contributed by atoms with Crippen LogP contribution in [-0.4, -0.2) is 30.1 Å². The first kappa shape index (κ1) is 17.2. The van der Waals surface area contributed by atoms with Gasteiger partial charge in [-0.25, -0.2) is 0 Å². The molecule has 0 spiro atoms. The molecule has 138 valence electrons. The molecule has 3 aliphatic rings. The molecule has 1 unspecified atom stereocenters. The number of hydrogen-bond donors (Lipinski definition) is 1. The number of rotatable bonds is 4. The van der Waals surface area contributed by atoms with Gasteiger partial charge in [-0.3, -0.25) is 4.90 Å². The Morgan fingerprint density at radius 1 is 0.857 bits per heavy atom. The van der Waals surface area contributed by atoms with E-state index in [0.717, 1.165) is 25.2 Å². The molecule has 28 heavy (non-hydrogen) atoms. The molecule has 3 heteroatoms. The highest BCUT2D eigenvalue weighted by atomic mass is 15.3. The minimum atomic E-state index is 0.537. The number of nitriles is 1. The van der Waals surface area contributed by atoms with Gasteiger partial charge in [-0.15, -0.1) is 0 Å². The molecular weight excluding hydrogens is 342 g/mol. The summed E-state index contributed by atoms with van der Waals surface area (Å²) in [6.07, 6.45) is 0. The van der Waals surface area contributed by atoms with Gasteiger partial charge in [0, 0.05) is 37.6 Å². The molecule has 3 nitrogen and oxygen atoms in total. The van der Waals surface area contributed by atoms with E-state index in [9.17, 15) is 0 Å². The Hall–Kier alpha value is -2.93. The predicted molar refractivity (Wildman–Crippen MR) is 112 cm³/mol. The van der Waals surface area contributed by atoms with Crippen molar-refractivity contribution in [2.45, 2.75) is 24.5 Å². The Bertz CT molecular complexity index is 992. The van der Waals surface area contributed by atoms with Crippen LogP contribution in [0.2, 0.25) is 0 Å². The molecule has 3 aliphatic heterocycles. The molecule has 0 saturated carbocycles. The Balaban J connectivity index is 1.27. The summed E-state index contributed by atoms with van der Waals surface area (Å²) in [6.45, 7) is 3.24. The van der Waals surface area contributed by atoms with Gasteiger partial charge in [0.1, 0.15) is 0 Å². The molecule has 6 rings (SSSR count). The fraction of sp³-hybridized carbons (Fsp3) is 0.240. The highest BCUT2D eigenvalue weighted by molar-refractivity contribution is 5.65. The lowest BCUT2D eigenvalue weighted by molar-refractivity contribution is 0.0471. The van der Waals surface area contributed by atoms with Gasteiger partial charge in [0.2, 0.25) is 0 Å². The van der Waals surface area contributed by atoms with Crippen LogP contribution in [0, 0.1) is 11.3 Å². The molecule has 0 aromatic heterocycles. The molecule has 0 amide bonds. The fourth-order valence-electron chi connectivity index (χ4n) is 4.71. The third kappa shape index (κ3) is 3.22. The van der Waals surface area contributed by atoms with Crippen molar-refractivity contribution in [3.8, 4) is 17.2 Å². The van der Waals surface area contributed by atoms with Gasteiger partial charge >= 0.3 is 0 Å².